The van der Waals surface area contributed by atoms with E-state index in [0.29, 0.717) is 18.5 Å². The van der Waals surface area contributed by atoms with Gasteiger partial charge in [-0.3, -0.25) is 14.5 Å². The molecule has 2 saturated heterocycles. The van der Waals surface area contributed by atoms with E-state index in [1.807, 2.05) is 6.92 Å². The van der Waals surface area contributed by atoms with Crippen molar-refractivity contribution in [2.75, 3.05) is 13.1 Å². The van der Waals surface area contributed by atoms with E-state index in [1.165, 1.54) is 24.3 Å². The molecule has 1 aromatic carbocycles. The Morgan fingerprint density at radius 3 is 2.56 bits per heavy atom. The van der Waals surface area contributed by atoms with Crippen molar-refractivity contribution < 1.29 is 18.8 Å². The molecule has 2 aliphatic rings. The lowest BCUT2D eigenvalue weighted by Crippen LogP contribution is -2.49. The van der Waals surface area contributed by atoms with Gasteiger partial charge >= 0.3 is 6.03 Å². The average Bonchev–Trinajstić information content (AvgIpc) is 2.93. The van der Waals surface area contributed by atoms with E-state index in [2.05, 4.69) is 5.32 Å². The van der Waals surface area contributed by atoms with Gasteiger partial charge in [0.05, 0.1) is 0 Å². The van der Waals surface area contributed by atoms with Gasteiger partial charge in [-0.1, -0.05) is 26.0 Å². The molecule has 0 unspecified atom stereocenters. The second-order valence-electron chi connectivity index (χ2n) is 7.23. The molecule has 0 spiro atoms. The monoisotopic (exact) mass is 375 g/mol. The zero-order valence-electron chi connectivity index (χ0n) is 15.8. The van der Waals surface area contributed by atoms with Crippen molar-refractivity contribution in [3.05, 3.63) is 35.6 Å². The maximum absolute atomic E-state index is 13.3. The summed E-state index contributed by atoms with van der Waals surface area (Å²) < 4.78 is 13.3. The number of rotatable bonds is 5. The summed E-state index contributed by atoms with van der Waals surface area (Å²) in [6, 6.07) is 5.11. The average molecular weight is 375 g/mol. The first-order valence-corrected chi connectivity index (χ1v) is 9.62. The Balaban J connectivity index is 1.81. The number of benzene rings is 1. The van der Waals surface area contributed by atoms with Gasteiger partial charge in [0.15, 0.2) is 0 Å². The van der Waals surface area contributed by atoms with Crippen LogP contribution in [0.1, 0.15) is 51.5 Å². The van der Waals surface area contributed by atoms with Crippen molar-refractivity contribution in [3.63, 3.8) is 0 Å². The summed E-state index contributed by atoms with van der Waals surface area (Å²) in [5.74, 6) is -1.07. The molecule has 4 amide bonds. The number of piperidine rings is 1. The van der Waals surface area contributed by atoms with Gasteiger partial charge in [-0.2, -0.15) is 0 Å². The zero-order valence-corrected chi connectivity index (χ0v) is 15.8. The first-order chi connectivity index (χ1) is 12.9. The molecule has 2 atom stereocenters. The maximum Gasteiger partial charge on any atom is 0.325 e. The van der Waals surface area contributed by atoms with E-state index >= 15 is 0 Å². The third-order valence-electron chi connectivity index (χ3n) is 5.76. The van der Waals surface area contributed by atoms with Crippen molar-refractivity contribution in [1.82, 2.24) is 15.1 Å². The first kappa shape index (κ1) is 19.3. The van der Waals surface area contributed by atoms with Gasteiger partial charge in [-0.25, -0.2) is 9.18 Å². The molecular formula is C20H26FN3O3. The van der Waals surface area contributed by atoms with Crippen LogP contribution < -0.4 is 5.32 Å². The van der Waals surface area contributed by atoms with Gasteiger partial charge in [0, 0.05) is 12.6 Å². The molecule has 0 aliphatic carbocycles. The minimum absolute atomic E-state index is 0.167. The minimum atomic E-state index is -1.25. The Hall–Kier alpha value is -2.44. The molecule has 2 aliphatic heterocycles. The lowest BCUT2D eigenvalue weighted by Gasteiger charge is -2.36. The van der Waals surface area contributed by atoms with Crippen molar-refractivity contribution in [2.24, 2.45) is 0 Å². The predicted octanol–water partition coefficient (Wildman–Crippen LogP) is 2.77. The van der Waals surface area contributed by atoms with Crippen molar-refractivity contribution in [2.45, 2.75) is 57.5 Å². The molecule has 3 rings (SSSR count). The minimum Gasteiger partial charge on any atom is -0.338 e. The van der Waals surface area contributed by atoms with Gasteiger partial charge in [0.2, 0.25) is 5.91 Å². The van der Waals surface area contributed by atoms with Crippen LogP contribution in [0.15, 0.2) is 24.3 Å². The van der Waals surface area contributed by atoms with Crippen molar-refractivity contribution in [1.29, 1.82) is 0 Å². The fourth-order valence-corrected chi connectivity index (χ4v) is 4.12. The third kappa shape index (κ3) is 3.42. The van der Waals surface area contributed by atoms with Crippen LogP contribution in [0.4, 0.5) is 9.18 Å². The number of nitrogens with one attached hydrogen (secondary N) is 1. The van der Waals surface area contributed by atoms with Crippen molar-refractivity contribution >= 4 is 17.8 Å². The number of imide groups is 1. The Kier molecular flexibility index (Phi) is 5.48. The van der Waals surface area contributed by atoms with Crippen LogP contribution in [0, 0.1) is 5.82 Å². The van der Waals surface area contributed by atoms with Gasteiger partial charge in [-0.15, -0.1) is 0 Å². The van der Waals surface area contributed by atoms with Crippen LogP contribution in [-0.2, 0) is 15.1 Å². The van der Waals surface area contributed by atoms with Crippen molar-refractivity contribution in [3.8, 4) is 0 Å². The normalized spacial score (nSPS) is 25.7. The maximum atomic E-state index is 13.3. The number of nitrogens with zero attached hydrogens (tertiary/aromatic N) is 2. The lowest BCUT2D eigenvalue weighted by molar-refractivity contribution is -0.141. The van der Waals surface area contributed by atoms with E-state index in [0.717, 1.165) is 30.6 Å². The van der Waals surface area contributed by atoms with Crippen LogP contribution in [-0.4, -0.2) is 46.8 Å². The topological polar surface area (TPSA) is 69.7 Å². The van der Waals surface area contributed by atoms with Crippen LogP contribution in [0.5, 0.6) is 0 Å². The highest BCUT2D eigenvalue weighted by Gasteiger charge is 2.52. The smallest absolute Gasteiger partial charge is 0.325 e. The molecule has 146 valence electrons. The highest BCUT2D eigenvalue weighted by molar-refractivity contribution is 6.09. The second kappa shape index (κ2) is 7.66. The number of likely N-dealkylation sites (tertiary alicyclic amines) is 1. The zero-order chi connectivity index (χ0) is 19.6. The highest BCUT2D eigenvalue weighted by atomic mass is 19.1. The fraction of sp³-hybridized carbons (Fsp3) is 0.550. The van der Waals surface area contributed by atoms with Crippen LogP contribution >= 0.6 is 0 Å². The number of hydrogen-bond donors (Lipinski definition) is 1. The number of halogens is 1. The summed E-state index contributed by atoms with van der Waals surface area (Å²) >= 11 is 0. The number of urea groups is 1. The van der Waals surface area contributed by atoms with E-state index in [-0.39, 0.29) is 18.5 Å². The SMILES string of the molecule is CC[C@H]1CCCCN1C(=O)CN1C(=O)N[C@@](CC)(c2ccc(F)cc2)C1=O. The molecule has 0 radical (unpaired) electrons. The fourth-order valence-electron chi connectivity index (χ4n) is 4.12. The largest absolute Gasteiger partial charge is 0.338 e. The van der Waals surface area contributed by atoms with Crippen LogP contribution in [0.3, 0.4) is 0 Å². The first-order valence-electron chi connectivity index (χ1n) is 9.62. The summed E-state index contributed by atoms with van der Waals surface area (Å²) in [6.07, 6.45) is 4.16. The molecule has 6 nitrogen and oxygen atoms in total. The van der Waals surface area contributed by atoms with Gasteiger partial charge < -0.3 is 10.2 Å². The van der Waals surface area contributed by atoms with Crippen LogP contribution in [0.25, 0.3) is 0 Å². The Morgan fingerprint density at radius 2 is 1.93 bits per heavy atom. The summed E-state index contributed by atoms with van der Waals surface area (Å²) in [7, 11) is 0. The lowest BCUT2D eigenvalue weighted by atomic mass is 9.87. The molecule has 0 bridgehead atoms. The summed E-state index contributed by atoms with van der Waals surface area (Å²) in [6.45, 7) is 4.23. The number of amides is 4. The summed E-state index contributed by atoms with van der Waals surface area (Å²) in [4.78, 5) is 41.2. The van der Waals surface area contributed by atoms with Crippen LogP contribution in [0.2, 0.25) is 0 Å². The molecule has 2 heterocycles. The third-order valence-corrected chi connectivity index (χ3v) is 5.76. The van der Waals surface area contributed by atoms with E-state index < -0.39 is 23.3 Å². The van der Waals surface area contributed by atoms with Gasteiger partial charge in [0.1, 0.15) is 17.9 Å². The Labute approximate surface area is 158 Å². The summed E-state index contributed by atoms with van der Waals surface area (Å²) in [5.41, 5.74) is -0.735. The molecule has 0 saturated carbocycles. The summed E-state index contributed by atoms with van der Waals surface area (Å²) in [5, 5.41) is 2.73. The molecule has 0 aromatic heterocycles. The molecule has 1 aromatic rings. The second-order valence-corrected chi connectivity index (χ2v) is 7.23. The Bertz CT molecular complexity index is 736. The molecule has 27 heavy (non-hydrogen) atoms. The van der Waals surface area contributed by atoms with E-state index in [1.54, 1.807) is 11.8 Å². The van der Waals surface area contributed by atoms with E-state index in [4.69, 9.17) is 0 Å². The molecule has 7 heteroatoms. The quantitative estimate of drug-likeness (QED) is 0.805. The predicted molar refractivity (Wildman–Crippen MR) is 98.3 cm³/mol. The Morgan fingerprint density at radius 1 is 1.22 bits per heavy atom. The number of carbonyl (C=O) groups is 3. The highest BCUT2D eigenvalue weighted by Crippen LogP contribution is 2.32. The van der Waals surface area contributed by atoms with E-state index in [9.17, 15) is 18.8 Å². The van der Waals surface area contributed by atoms with Gasteiger partial charge in [-0.05, 0) is 49.8 Å². The number of hydrogen-bond acceptors (Lipinski definition) is 3. The molecule has 2 fully saturated rings. The standard InChI is InChI=1S/C20H26FN3O3/c1-3-16-7-5-6-12-23(16)17(25)13-24-18(26)20(4-2,22-19(24)27)14-8-10-15(21)11-9-14/h8-11,16H,3-7,12-13H2,1-2H3,(H,22,27)/t16-,20-/m0/s1. The molecular weight excluding hydrogens is 349 g/mol. The van der Waals surface area contributed by atoms with Gasteiger partial charge in [0.25, 0.3) is 5.91 Å². The number of carbonyl (C=O) groups excluding carboxylic acids is 3. The molecule has 1 N–H and O–H groups in total.